The van der Waals surface area contributed by atoms with Crippen molar-refractivity contribution in [2.24, 2.45) is 0 Å². The number of aromatic nitrogens is 1. The van der Waals surface area contributed by atoms with Crippen molar-refractivity contribution in [3.05, 3.63) is 46.5 Å². The quantitative estimate of drug-likeness (QED) is 0.804. The predicted molar refractivity (Wildman–Crippen MR) is 114 cm³/mol. The highest BCUT2D eigenvalue weighted by molar-refractivity contribution is 7.15. The van der Waals surface area contributed by atoms with Crippen LogP contribution in [0.1, 0.15) is 35.9 Å². The van der Waals surface area contributed by atoms with Crippen LogP contribution in [-0.2, 0) is 29.0 Å². The molecule has 154 valence electrons. The van der Waals surface area contributed by atoms with Crippen LogP contribution in [0.15, 0.2) is 30.3 Å². The molecule has 0 radical (unpaired) electrons. The first-order valence-corrected chi connectivity index (χ1v) is 11.3. The number of rotatable bonds is 5. The number of benzene rings is 1. The van der Waals surface area contributed by atoms with E-state index in [2.05, 4.69) is 12.1 Å². The Bertz CT molecular complexity index is 835. The van der Waals surface area contributed by atoms with Crippen LogP contribution in [0.25, 0.3) is 0 Å². The minimum Gasteiger partial charge on any atom is -0.332 e. The van der Waals surface area contributed by atoms with E-state index in [1.165, 1.54) is 28.3 Å². The molecule has 0 bridgehead atoms. The number of quaternary nitrogens is 1. The largest absolute Gasteiger partial charge is 0.332 e. The summed E-state index contributed by atoms with van der Waals surface area (Å²) in [5.41, 5.74) is 2.30. The van der Waals surface area contributed by atoms with Crippen LogP contribution in [0.2, 0.25) is 0 Å². The van der Waals surface area contributed by atoms with Gasteiger partial charge < -0.3 is 9.80 Å². The molecule has 2 aliphatic rings. The highest BCUT2D eigenvalue weighted by Gasteiger charge is 2.28. The zero-order valence-electron chi connectivity index (χ0n) is 17.0. The van der Waals surface area contributed by atoms with Crippen molar-refractivity contribution in [1.82, 2.24) is 9.88 Å². The van der Waals surface area contributed by atoms with Crippen molar-refractivity contribution >= 4 is 28.3 Å². The summed E-state index contributed by atoms with van der Waals surface area (Å²) in [6.45, 7) is 5.70. The molecule has 1 aromatic carbocycles. The van der Waals surface area contributed by atoms with E-state index in [0.29, 0.717) is 13.1 Å². The van der Waals surface area contributed by atoms with Gasteiger partial charge in [-0.05, 0) is 31.2 Å². The fourth-order valence-corrected chi connectivity index (χ4v) is 5.27. The number of carbonyl (C=O) groups is 2. The van der Waals surface area contributed by atoms with E-state index in [1.807, 2.05) is 28.0 Å². The number of amides is 2. The number of piperazine rings is 1. The van der Waals surface area contributed by atoms with E-state index in [-0.39, 0.29) is 11.8 Å². The Morgan fingerprint density at radius 2 is 1.86 bits per heavy atom. The van der Waals surface area contributed by atoms with E-state index in [9.17, 15) is 9.59 Å². The molecule has 0 spiro atoms. The third-order valence-electron chi connectivity index (χ3n) is 5.87. The van der Waals surface area contributed by atoms with E-state index in [4.69, 9.17) is 4.98 Å². The maximum atomic E-state index is 13.3. The average Bonchev–Trinajstić information content (AvgIpc) is 3.17. The minimum atomic E-state index is 0.117. The average molecular weight is 414 g/mol. The van der Waals surface area contributed by atoms with Gasteiger partial charge in [0.2, 0.25) is 5.91 Å². The van der Waals surface area contributed by atoms with E-state index in [0.717, 1.165) is 49.7 Å². The highest BCUT2D eigenvalue weighted by atomic mass is 32.1. The molecule has 0 atom stereocenters. The van der Waals surface area contributed by atoms with Gasteiger partial charge in [-0.15, -0.1) is 11.3 Å². The second kappa shape index (κ2) is 9.05. The molecule has 2 aromatic rings. The Morgan fingerprint density at radius 3 is 2.55 bits per heavy atom. The molecule has 29 heavy (non-hydrogen) atoms. The Morgan fingerprint density at radius 1 is 1.14 bits per heavy atom. The third kappa shape index (κ3) is 4.85. The van der Waals surface area contributed by atoms with Crippen molar-refractivity contribution in [3.63, 3.8) is 0 Å². The topological polar surface area (TPSA) is 58.0 Å². The monoisotopic (exact) mass is 413 g/mol. The van der Waals surface area contributed by atoms with Gasteiger partial charge in [0.05, 0.1) is 38.4 Å². The Hall–Kier alpha value is -2.25. The molecule has 0 unspecified atom stereocenters. The summed E-state index contributed by atoms with van der Waals surface area (Å²) in [7, 11) is 0. The number of fused-ring (bicyclic) bond motifs is 1. The maximum Gasteiger partial charge on any atom is 0.284 e. The number of aryl methyl sites for hydroxylation is 2. The fourth-order valence-electron chi connectivity index (χ4n) is 4.11. The van der Waals surface area contributed by atoms with Crippen LogP contribution in [0.4, 0.5) is 5.13 Å². The van der Waals surface area contributed by atoms with Crippen molar-refractivity contribution in [1.29, 1.82) is 0 Å². The van der Waals surface area contributed by atoms with Gasteiger partial charge in [0.15, 0.2) is 11.7 Å². The van der Waals surface area contributed by atoms with Crippen LogP contribution < -0.4 is 9.80 Å². The number of carbonyl (C=O) groups excluding carboxylic acids is 2. The summed E-state index contributed by atoms with van der Waals surface area (Å²) in [4.78, 5) is 36.1. The van der Waals surface area contributed by atoms with Gasteiger partial charge in [-0.1, -0.05) is 30.3 Å². The smallest absolute Gasteiger partial charge is 0.284 e. The number of nitrogens with zero attached hydrogens (tertiary/aromatic N) is 3. The van der Waals surface area contributed by atoms with Crippen LogP contribution in [-0.4, -0.2) is 54.4 Å². The van der Waals surface area contributed by atoms with Crippen molar-refractivity contribution in [2.45, 2.75) is 39.2 Å². The van der Waals surface area contributed by atoms with Crippen LogP contribution >= 0.6 is 11.3 Å². The minimum absolute atomic E-state index is 0.117. The zero-order valence-corrected chi connectivity index (χ0v) is 17.8. The molecule has 0 saturated carbocycles. The van der Waals surface area contributed by atoms with Gasteiger partial charge >= 0.3 is 0 Å². The molecule has 6 nitrogen and oxygen atoms in total. The fraction of sp³-hybridized carbons (Fsp3) is 0.500. The van der Waals surface area contributed by atoms with E-state index in [1.54, 1.807) is 18.3 Å². The Balaban J connectivity index is 1.49. The molecule has 1 fully saturated rings. The number of hydrogen-bond donors (Lipinski definition) is 1. The van der Waals surface area contributed by atoms with Gasteiger partial charge in [-0.2, -0.15) is 0 Å². The molecule has 1 aromatic heterocycles. The first-order valence-electron chi connectivity index (χ1n) is 10.5. The molecule has 1 aliphatic carbocycles. The standard InChI is InChI=1S/C22H28N4O2S/c1-17(27)25-13-11-24(12-14-25)16-21(28)26(15-18-7-3-2-4-8-18)22-23-19-9-5-6-10-20(19)29-22/h2-4,7-8H,5-6,9-16H2,1H3/p+1. The lowest BCUT2D eigenvalue weighted by atomic mass is 10.0. The third-order valence-corrected chi connectivity index (χ3v) is 7.05. The molecule has 1 N–H and O–H groups in total. The van der Waals surface area contributed by atoms with Crippen molar-refractivity contribution in [2.75, 3.05) is 37.6 Å². The maximum absolute atomic E-state index is 13.3. The molecule has 2 heterocycles. The zero-order chi connectivity index (χ0) is 20.2. The number of thiazole rings is 1. The van der Waals surface area contributed by atoms with Crippen LogP contribution in [0.5, 0.6) is 0 Å². The summed E-state index contributed by atoms with van der Waals surface area (Å²) in [5, 5.41) is 0.840. The van der Waals surface area contributed by atoms with Crippen LogP contribution in [0, 0.1) is 0 Å². The normalized spacial score (nSPS) is 17.1. The van der Waals surface area contributed by atoms with Gasteiger partial charge in [-0.3, -0.25) is 14.5 Å². The summed E-state index contributed by atoms with van der Waals surface area (Å²) >= 11 is 1.69. The lowest BCUT2D eigenvalue weighted by Crippen LogP contribution is -3.15. The second-order valence-electron chi connectivity index (χ2n) is 7.97. The number of hydrogen-bond acceptors (Lipinski definition) is 4. The van der Waals surface area contributed by atoms with Crippen molar-refractivity contribution < 1.29 is 14.5 Å². The van der Waals surface area contributed by atoms with Gasteiger partial charge in [0.1, 0.15) is 0 Å². The summed E-state index contributed by atoms with van der Waals surface area (Å²) < 4.78 is 0. The molecule has 7 heteroatoms. The summed E-state index contributed by atoms with van der Waals surface area (Å²) in [6, 6.07) is 10.1. The van der Waals surface area contributed by atoms with Gasteiger partial charge in [-0.25, -0.2) is 4.98 Å². The Kier molecular flexibility index (Phi) is 6.25. The highest BCUT2D eigenvalue weighted by Crippen LogP contribution is 2.32. The lowest BCUT2D eigenvalue weighted by molar-refractivity contribution is -0.895. The predicted octanol–water partition coefficient (Wildman–Crippen LogP) is 1.30. The Labute approximate surface area is 176 Å². The van der Waals surface area contributed by atoms with Gasteiger partial charge in [0.25, 0.3) is 5.91 Å². The molecular weight excluding hydrogens is 384 g/mol. The van der Waals surface area contributed by atoms with Crippen molar-refractivity contribution in [3.8, 4) is 0 Å². The SMILES string of the molecule is CC(=O)N1CC[NH+](CC(=O)N(Cc2ccccc2)c2nc3c(s2)CCCC3)CC1. The van der Waals surface area contributed by atoms with Crippen LogP contribution in [0.3, 0.4) is 0 Å². The first-order chi connectivity index (χ1) is 14.1. The molecule has 4 rings (SSSR count). The number of anilines is 1. The summed E-state index contributed by atoms with van der Waals surface area (Å²) in [6.07, 6.45) is 4.51. The first kappa shape index (κ1) is 20.0. The molecule has 2 amide bonds. The van der Waals surface area contributed by atoms with E-state index < -0.39 is 0 Å². The summed E-state index contributed by atoms with van der Waals surface area (Å²) in [5.74, 6) is 0.237. The number of nitrogens with one attached hydrogen (secondary N) is 1. The van der Waals surface area contributed by atoms with E-state index >= 15 is 0 Å². The second-order valence-corrected chi connectivity index (χ2v) is 9.03. The van der Waals surface area contributed by atoms with Gasteiger partial charge in [0, 0.05) is 11.8 Å². The molecule has 1 aliphatic heterocycles. The lowest BCUT2D eigenvalue weighted by Gasteiger charge is -2.32. The molecule has 1 saturated heterocycles. The molecular formula is C22H29N4O2S+.